The number of nitrogens with zero attached hydrogens (tertiary/aromatic N) is 2. The average molecular weight is 221 g/mol. The number of nitrogen functional groups attached to an aromatic ring is 1. The molecule has 2 N–H and O–H groups in total. The standard InChI is InChI=1S/C12H19N3O/c1-3-14-6-5-11-9(8-14)7-10(13)12(16)15(11)4-2/h7H,3-6,8,13H2,1-2H3. The van der Waals surface area contributed by atoms with Gasteiger partial charge in [-0.25, -0.2) is 0 Å². The van der Waals surface area contributed by atoms with E-state index in [-0.39, 0.29) is 5.56 Å². The lowest BCUT2D eigenvalue weighted by Crippen LogP contribution is -2.36. The fourth-order valence-corrected chi connectivity index (χ4v) is 2.41. The zero-order chi connectivity index (χ0) is 11.7. The summed E-state index contributed by atoms with van der Waals surface area (Å²) >= 11 is 0. The molecule has 2 rings (SSSR count). The van der Waals surface area contributed by atoms with Crippen LogP contribution in [0.25, 0.3) is 0 Å². The summed E-state index contributed by atoms with van der Waals surface area (Å²) in [4.78, 5) is 14.2. The highest BCUT2D eigenvalue weighted by Crippen LogP contribution is 2.19. The van der Waals surface area contributed by atoms with Crippen LogP contribution in [0.5, 0.6) is 0 Å². The molecule has 0 bridgehead atoms. The quantitative estimate of drug-likeness (QED) is 0.804. The van der Waals surface area contributed by atoms with Crippen molar-refractivity contribution in [3.05, 3.63) is 27.7 Å². The summed E-state index contributed by atoms with van der Waals surface area (Å²) in [6.45, 7) is 7.85. The lowest BCUT2D eigenvalue weighted by molar-refractivity contribution is 0.262. The van der Waals surface area contributed by atoms with Crippen LogP contribution < -0.4 is 11.3 Å². The van der Waals surface area contributed by atoms with Gasteiger partial charge in [0.15, 0.2) is 0 Å². The number of hydrogen-bond donors (Lipinski definition) is 1. The number of hydrogen-bond acceptors (Lipinski definition) is 3. The molecule has 4 heteroatoms. The maximum Gasteiger partial charge on any atom is 0.273 e. The first-order chi connectivity index (χ1) is 7.67. The molecule has 1 aliphatic heterocycles. The Morgan fingerprint density at radius 3 is 2.75 bits per heavy atom. The summed E-state index contributed by atoms with van der Waals surface area (Å²) in [5, 5.41) is 0. The zero-order valence-corrected chi connectivity index (χ0v) is 9.99. The molecule has 0 fully saturated rings. The molecule has 0 amide bonds. The molecule has 4 nitrogen and oxygen atoms in total. The molecule has 0 radical (unpaired) electrons. The Hall–Kier alpha value is -1.29. The third-order valence-corrected chi connectivity index (χ3v) is 3.34. The van der Waals surface area contributed by atoms with Crippen LogP contribution in [-0.4, -0.2) is 22.6 Å². The van der Waals surface area contributed by atoms with Crippen molar-refractivity contribution in [2.24, 2.45) is 0 Å². The van der Waals surface area contributed by atoms with E-state index in [9.17, 15) is 4.79 Å². The van der Waals surface area contributed by atoms with Crippen LogP contribution in [0.15, 0.2) is 10.9 Å². The molecule has 0 spiro atoms. The summed E-state index contributed by atoms with van der Waals surface area (Å²) in [6.07, 6.45) is 0.951. The minimum Gasteiger partial charge on any atom is -0.394 e. The van der Waals surface area contributed by atoms with E-state index in [1.54, 1.807) is 0 Å². The van der Waals surface area contributed by atoms with E-state index < -0.39 is 0 Å². The van der Waals surface area contributed by atoms with Gasteiger partial charge in [0, 0.05) is 31.7 Å². The molecule has 0 aliphatic carbocycles. The van der Waals surface area contributed by atoms with Gasteiger partial charge in [-0.2, -0.15) is 0 Å². The highest BCUT2D eigenvalue weighted by molar-refractivity contribution is 5.42. The molecule has 1 aromatic rings. The highest BCUT2D eigenvalue weighted by atomic mass is 16.1. The van der Waals surface area contributed by atoms with Gasteiger partial charge in [0.25, 0.3) is 5.56 Å². The monoisotopic (exact) mass is 221 g/mol. The molecule has 0 saturated heterocycles. The zero-order valence-electron chi connectivity index (χ0n) is 9.99. The maximum atomic E-state index is 11.8. The number of nitrogens with two attached hydrogens (primary N) is 1. The minimum atomic E-state index is -0.0359. The van der Waals surface area contributed by atoms with E-state index in [4.69, 9.17) is 5.73 Å². The van der Waals surface area contributed by atoms with Gasteiger partial charge in [-0.05, 0) is 25.1 Å². The van der Waals surface area contributed by atoms with Crippen LogP contribution in [-0.2, 0) is 19.5 Å². The molecule has 0 atom stereocenters. The topological polar surface area (TPSA) is 51.3 Å². The number of likely N-dealkylation sites (N-methyl/N-ethyl adjacent to an activating group) is 1. The normalized spacial score (nSPS) is 16.1. The average Bonchev–Trinajstić information content (AvgIpc) is 2.30. The Kier molecular flexibility index (Phi) is 3.01. The van der Waals surface area contributed by atoms with Gasteiger partial charge in [0.05, 0.1) is 5.69 Å². The number of rotatable bonds is 2. The molecule has 1 aromatic heterocycles. The van der Waals surface area contributed by atoms with Crippen LogP contribution in [0.4, 0.5) is 5.69 Å². The van der Waals surface area contributed by atoms with Gasteiger partial charge in [-0.1, -0.05) is 6.92 Å². The first-order valence-corrected chi connectivity index (χ1v) is 5.90. The SMILES string of the molecule is CCN1CCc2c(cc(N)c(=O)n2CC)C1. The molecule has 0 saturated carbocycles. The second-order valence-corrected chi connectivity index (χ2v) is 4.24. The van der Waals surface area contributed by atoms with Crippen LogP contribution in [0.1, 0.15) is 25.1 Å². The van der Waals surface area contributed by atoms with Crippen LogP contribution in [0, 0.1) is 0 Å². The molecule has 1 aliphatic rings. The van der Waals surface area contributed by atoms with Crippen molar-refractivity contribution in [2.75, 3.05) is 18.8 Å². The van der Waals surface area contributed by atoms with Crippen molar-refractivity contribution in [1.29, 1.82) is 0 Å². The number of fused-ring (bicyclic) bond motifs is 1. The van der Waals surface area contributed by atoms with Crippen molar-refractivity contribution in [3.8, 4) is 0 Å². The van der Waals surface area contributed by atoms with E-state index >= 15 is 0 Å². The van der Waals surface area contributed by atoms with Gasteiger partial charge in [-0.15, -0.1) is 0 Å². The molecule has 2 heterocycles. The summed E-state index contributed by atoms with van der Waals surface area (Å²) in [6, 6.07) is 1.85. The highest BCUT2D eigenvalue weighted by Gasteiger charge is 2.19. The maximum absolute atomic E-state index is 11.8. The lowest BCUT2D eigenvalue weighted by Gasteiger charge is -2.29. The van der Waals surface area contributed by atoms with Gasteiger partial charge in [-0.3, -0.25) is 9.69 Å². The Bertz CT molecular complexity index is 450. The van der Waals surface area contributed by atoms with E-state index in [2.05, 4.69) is 11.8 Å². The number of anilines is 1. The number of pyridine rings is 1. The Labute approximate surface area is 95.7 Å². The molecular formula is C12H19N3O. The second kappa shape index (κ2) is 4.29. The van der Waals surface area contributed by atoms with Crippen molar-refractivity contribution < 1.29 is 0 Å². The Morgan fingerprint density at radius 1 is 1.38 bits per heavy atom. The molecule has 88 valence electrons. The fourth-order valence-electron chi connectivity index (χ4n) is 2.41. The van der Waals surface area contributed by atoms with Gasteiger partial charge >= 0.3 is 0 Å². The minimum absolute atomic E-state index is 0.0359. The van der Waals surface area contributed by atoms with E-state index in [0.717, 1.165) is 26.1 Å². The van der Waals surface area contributed by atoms with Gasteiger partial charge < -0.3 is 10.3 Å². The van der Waals surface area contributed by atoms with Crippen LogP contribution in [0.2, 0.25) is 0 Å². The van der Waals surface area contributed by atoms with Gasteiger partial charge in [0.1, 0.15) is 0 Å². The predicted molar refractivity (Wildman–Crippen MR) is 65.4 cm³/mol. The smallest absolute Gasteiger partial charge is 0.273 e. The Morgan fingerprint density at radius 2 is 2.12 bits per heavy atom. The second-order valence-electron chi connectivity index (χ2n) is 4.24. The van der Waals surface area contributed by atoms with Crippen molar-refractivity contribution >= 4 is 5.69 Å². The summed E-state index contributed by atoms with van der Waals surface area (Å²) in [7, 11) is 0. The van der Waals surface area contributed by atoms with E-state index in [0.29, 0.717) is 12.2 Å². The summed E-state index contributed by atoms with van der Waals surface area (Å²) in [5.41, 5.74) is 8.48. The lowest BCUT2D eigenvalue weighted by atomic mass is 10.0. The summed E-state index contributed by atoms with van der Waals surface area (Å²) < 4.78 is 1.82. The molecule has 0 unspecified atom stereocenters. The predicted octanol–water partition coefficient (Wildman–Crippen LogP) is 0.828. The summed E-state index contributed by atoms with van der Waals surface area (Å²) in [5.74, 6) is 0. The Balaban J connectivity index is 2.51. The third-order valence-electron chi connectivity index (χ3n) is 3.34. The van der Waals surface area contributed by atoms with E-state index in [1.807, 2.05) is 17.6 Å². The third kappa shape index (κ3) is 1.73. The van der Waals surface area contributed by atoms with Crippen LogP contribution >= 0.6 is 0 Å². The largest absolute Gasteiger partial charge is 0.394 e. The van der Waals surface area contributed by atoms with Gasteiger partial charge in [0.2, 0.25) is 0 Å². The van der Waals surface area contributed by atoms with Crippen LogP contribution in [0.3, 0.4) is 0 Å². The molecule has 16 heavy (non-hydrogen) atoms. The van der Waals surface area contributed by atoms with Crippen molar-refractivity contribution in [1.82, 2.24) is 9.47 Å². The van der Waals surface area contributed by atoms with E-state index in [1.165, 1.54) is 11.3 Å². The van der Waals surface area contributed by atoms with Crippen molar-refractivity contribution in [3.63, 3.8) is 0 Å². The fraction of sp³-hybridized carbons (Fsp3) is 0.583. The molecule has 0 aromatic carbocycles. The van der Waals surface area contributed by atoms with Crippen molar-refractivity contribution in [2.45, 2.75) is 33.4 Å². The number of aromatic nitrogens is 1. The molecular weight excluding hydrogens is 202 g/mol. The first-order valence-electron chi connectivity index (χ1n) is 5.90. The first kappa shape index (κ1) is 11.2.